The van der Waals surface area contributed by atoms with Crippen LogP contribution in [-0.2, 0) is 16.0 Å². The highest BCUT2D eigenvalue weighted by Crippen LogP contribution is 2.16. The van der Waals surface area contributed by atoms with Crippen molar-refractivity contribution in [3.63, 3.8) is 0 Å². The molecule has 2 N–H and O–H groups in total. The summed E-state index contributed by atoms with van der Waals surface area (Å²) in [5.41, 5.74) is 3.15. The maximum atomic E-state index is 10.6. The Balaban J connectivity index is 0.000000362. The van der Waals surface area contributed by atoms with Gasteiger partial charge in [-0.05, 0) is 26.3 Å². The first-order chi connectivity index (χ1) is 16.2. The lowest BCUT2D eigenvalue weighted by Gasteiger charge is -2.35. The molecule has 0 amide bonds. The van der Waals surface area contributed by atoms with Crippen LogP contribution in [-0.4, -0.2) is 87.1 Å². The van der Waals surface area contributed by atoms with Gasteiger partial charge in [0.15, 0.2) is 0 Å². The molecule has 1 saturated heterocycles. The third-order valence-corrected chi connectivity index (χ3v) is 5.45. The third kappa shape index (κ3) is 11.8. The number of nitrogens with zero attached hydrogens (tertiary/aromatic N) is 5. The van der Waals surface area contributed by atoms with E-state index in [1.807, 2.05) is 11.7 Å². The van der Waals surface area contributed by atoms with Crippen molar-refractivity contribution in [2.45, 2.75) is 32.1 Å². The lowest BCUT2D eigenvalue weighted by Crippen LogP contribution is -2.47. The quantitative estimate of drug-likeness (QED) is 0.561. The first kappa shape index (κ1) is 30.0. The summed E-state index contributed by atoms with van der Waals surface area (Å²) in [7, 11) is 0. The maximum absolute atomic E-state index is 10.6. The van der Waals surface area contributed by atoms with E-state index in [2.05, 4.69) is 31.7 Å². The van der Waals surface area contributed by atoms with E-state index in [9.17, 15) is 26.3 Å². The molecule has 0 unspecified atom stereocenters. The second kappa shape index (κ2) is 13.8. The fourth-order valence-electron chi connectivity index (χ4n) is 2.68. The van der Waals surface area contributed by atoms with E-state index in [4.69, 9.17) is 19.8 Å². The lowest BCUT2D eigenvalue weighted by molar-refractivity contribution is -0.193. The molecule has 1 aliphatic rings. The van der Waals surface area contributed by atoms with Gasteiger partial charge in [-0.2, -0.15) is 26.3 Å². The van der Waals surface area contributed by atoms with Crippen LogP contribution in [0.3, 0.4) is 0 Å². The smallest absolute Gasteiger partial charge is 0.475 e. The van der Waals surface area contributed by atoms with E-state index >= 15 is 0 Å². The molecule has 3 heterocycles. The van der Waals surface area contributed by atoms with Crippen LogP contribution >= 0.6 is 11.3 Å². The summed E-state index contributed by atoms with van der Waals surface area (Å²) in [5, 5.41) is 14.2. The fourth-order valence-corrected chi connectivity index (χ4v) is 3.51. The van der Waals surface area contributed by atoms with Crippen molar-refractivity contribution >= 4 is 29.1 Å². The van der Waals surface area contributed by atoms with Gasteiger partial charge in [0, 0.05) is 43.4 Å². The average molecular weight is 531 g/mol. The van der Waals surface area contributed by atoms with Crippen LogP contribution in [0, 0.1) is 6.92 Å². The SMILES string of the molecule is Cc1ncsc1CCCN1CCN(c2cnccn2)CC1.O=C(O)C(F)(F)F.O=C(O)C(F)(F)F. The second-order valence-corrected chi connectivity index (χ2v) is 7.90. The van der Waals surface area contributed by atoms with E-state index in [1.54, 1.807) is 23.7 Å². The summed E-state index contributed by atoms with van der Waals surface area (Å²) >= 11 is 1.78. The second-order valence-electron chi connectivity index (χ2n) is 6.96. The van der Waals surface area contributed by atoms with E-state index in [0.29, 0.717) is 0 Å². The average Bonchev–Trinajstić information content (AvgIpc) is 3.19. The molecule has 2 aromatic rings. The Hall–Kier alpha value is -3.01. The van der Waals surface area contributed by atoms with E-state index in [-0.39, 0.29) is 0 Å². The molecular formula is C19H23F6N5O4S. The molecule has 0 aliphatic carbocycles. The molecule has 196 valence electrons. The molecule has 35 heavy (non-hydrogen) atoms. The molecule has 0 atom stereocenters. The van der Waals surface area contributed by atoms with E-state index in [0.717, 1.165) is 38.4 Å². The number of hydrogen-bond donors (Lipinski definition) is 2. The third-order valence-electron chi connectivity index (χ3n) is 4.45. The van der Waals surface area contributed by atoms with Gasteiger partial charge in [0.1, 0.15) is 5.82 Å². The zero-order valence-electron chi connectivity index (χ0n) is 18.4. The monoisotopic (exact) mass is 531 g/mol. The molecule has 0 saturated carbocycles. The van der Waals surface area contributed by atoms with Crippen LogP contribution in [0.25, 0.3) is 0 Å². The minimum absolute atomic E-state index is 0.998. The van der Waals surface area contributed by atoms with Gasteiger partial charge in [0.2, 0.25) is 0 Å². The Bertz CT molecular complexity index is 894. The predicted octanol–water partition coefficient (Wildman–Crippen LogP) is 3.26. The molecule has 1 fully saturated rings. The number of anilines is 1. The molecule has 16 heteroatoms. The molecule has 0 bridgehead atoms. The summed E-state index contributed by atoms with van der Waals surface area (Å²) in [4.78, 5) is 36.9. The summed E-state index contributed by atoms with van der Waals surface area (Å²) in [6, 6.07) is 0. The van der Waals surface area contributed by atoms with Crippen molar-refractivity contribution in [3.8, 4) is 0 Å². The highest BCUT2D eigenvalue weighted by Gasteiger charge is 2.38. The molecule has 0 aromatic carbocycles. The van der Waals surface area contributed by atoms with Crippen molar-refractivity contribution in [1.82, 2.24) is 19.9 Å². The van der Waals surface area contributed by atoms with Gasteiger partial charge < -0.3 is 15.1 Å². The number of halogens is 6. The largest absolute Gasteiger partial charge is 0.490 e. The molecular weight excluding hydrogens is 508 g/mol. The van der Waals surface area contributed by atoms with Crippen LogP contribution in [0.15, 0.2) is 24.1 Å². The Labute approximate surface area is 200 Å². The number of carboxylic acids is 2. The van der Waals surface area contributed by atoms with Crippen molar-refractivity contribution in [1.29, 1.82) is 0 Å². The molecule has 0 spiro atoms. The summed E-state index contributed by atoms with van der Waals surface area (Å²) < 4.78 is 63.5. The normalized spacial score (nSPS) is 14.3. The van der Waals surface area contributed by atoms with E-state index < -0.39 is 24.3 Å². The van der Waals surface area contributed by atoms with Crippen LogP contribution in [0.2, 0.25) is 0 Å². The van der Waals surface area contributed by atoms with Crippen LogP contribution in [0.5, 0.6) is 0 Å². The van der Waals surface area contributed by atoms with Crippen molar-refractivity contribution in [3.05, 3.63) is 34.7 Å². The number of piperazine rings is 1. The number of aryl methyl sites for hydroxylation is 2. The van der Waals surface area contributed by atoms with Gasteiger partial charge >= 0.3 is 24.3 Å². The molecule has 1 aliphatic heterocycles. The number of rotatable bonds is 5. The Morgan fingerprint density at radius 3 is 1.91 bits per heavy atom. The Morgan fingerprint density at radius 2 is 1.51 bits per heavy atom. The zero-order valence-corrected chi connectivity index (χ0v) is 19.2. The number of thiazole rings is 1. The Kier molecular flexibility index (Phi) is 11.8. The number of aliphatic carboxylic acids is 2. The number of carboxylic acid groups (broad SMARTS) is 2. The van der Waals surface area contributed by atoms with Gasteiger partial charge in [-0.3, -0.25) is 9.88 Å². The summed E-state index contributed by atoms with van der Waals surface area (Å²) in [5.74, 6) is -4.52. The molecule has 2 aromatic heterocycles. The highest BCUT2D eigenvalue weighted by molar-refractivity contribution is 7.09. The van der Waals surface area contributed by atoms with Gasteiger partial charge in [0.05, 0.1) is 17.4 Å². The maximum Gasteiger partial charge on any atom is 0.490 e. The van der Waals surface area contributed by atoms with Crippen molar-refractivity contribution < 1.29 is 46.1 Å². The topological polar surface area (TPSA) is 120 Å². The molecule has 0 radical (unpaired) electrons. The summed E-state index contributed by atoms with van der Waals surface area (Å²) in [6.07, 6.45) is -2.46. The minimum Gasteiger partial charge on any atom is -0.475 e. The van der Waals surface area contributed by atoms with Crippen LogP contribution in [0.1, 0.15) is 17.0 Å². The lowest BCUT2D eigenvalue weighted by atomic mass is 10.2. The Morgan fingerprint density at radius 1 is 0.971 bits per heavy atom. The first-order valence-corrected chi connectivity index (χ1v) is 10.8. The number of carbonyl (C=O) groups is 2. The van der Waals surface area contributed by atoms with Gasteiger partial charge in [0.25, 0.3) is 0 Å². The van der Waals surface area contributed by atoms with E-state index in [1.165, 1.54) is 23.5 Å². The number of alkyl halides is 6. The van der Waals surface area contributed by atoms with Crippen LogP contribution < -0.4 is 4.90 Å². The van der Waals surface area contributed by atoms with Gasteiger partial charge in [-0.15, -0.1) is 11.3 Å². The highest BCUT2D eigenvalue weighted by atomic mass is 32.1. The molecule has 3 rings (SSSR count). The molecule has 9 nitrogen and oxygen atoms in total. The zero-order chi connectivity index (χ0) is 26.6. The minimum atomic E-state index is -5.08. The fraction of sp³-hybridized carbons (Fsp3) is 0.526. The standard InChI is InChI=1S/C15H21N5S.2C2HF3O2/c1-13-14(21-12-18-13)3-2-6-19-7-9-20(10-8-19)15-11-16-4-5-17-15;2*3-2(4,5)1(6)7/h4-5,11-12H,2-3,6-10H2,1H3;2*(H,6,7). The predicted molar refractivity (Wildman–Crippen MR) is 113 cm³/mol. The summed E-state index contributed by atoms with van der Waals surface area (Å²) in [6.45, 7) is 7.57. The van der Waals surface area contributed by atoms with Crippen molar-refractivity contribution in [2.24, 2.45) is 0 Å². The number of hydrogen-bond acceptors (Lipinski definition) is 8. The first-order valence-electron chi connectivity index (χ1n) is 9.94. The van der Waals surface area contributed by atoms with Crippen LogP contribution in [0.4, 0.5) is 32.2 Å². The van der Waals surface area contributed by atoms with Crippen molar-refractivity contribution in [2.75, 3.05) is 37.6 Å². The van der Waals surface area contributed by atoms with Gasteiger partial charge in [-0.1, -0.05) is 0 Å². The number of aromatic nitrogens is 3. The van der Waals surface area contributed by atoms with Gasteiger partial charge in [-0.25, -0.2) is 19.6 Å².